The molecular weight excluding hydrogens is 406 g/mol. The molecule has 0 aromatic heterocycles. The van der Waals surface area contributed by atoms with Gasteiger partial charge in [0.25, 0.3) is 0 Å². The van der Waals surface area contributed by atoms with Gasteiger partial charge in [-0.1, -0.05) is 85.8 Å². The minimum Gasteiger partial charge on any atom is -0.392 e. The number of benzene rings is 3. The van der Waals surface area contributed by atoms with Crippen molar-refractivity contribution in [2.75, 3.05) is 13.1 Å². The summed E-state index contributed by atoms with van der Waals surface area (Å²) in [4.78, 5) is 14.7. The van der Waals surface area contributed by atoms with Crippen molar-refractivity contribution < 1.29 is 9.90 Å². The average Bonchev–Trinajstić information content (AvgIpc) is 2.88. The van der Waals surface area contributed by atoms with Gasteiger partial charge in [0.2, 0.25) is 5.91 Å². The second kappa shape index (κ2) is 11.3. The van der Waals surface area contributed by atoms with Gasteiger partial charge in [-0.15, -0.1) is 0 Å². The van der Waals surface area contributed by atoms with Crippen LogP contribution >= 0.6 is 0 Å². The van der Waals surface area contributed by atoms with Crippen LogP contribution in [0, 0.1) is 5.92 Å². The van der Waals surface area contributed by atoms with Gasteiger partial charge >= 0.3 is 0 Å². The minimum absolute atomic E-state index is 0.0660. The van der Waals surface area contributed by atoms with Crippen molar-refractivity contribution in [2.24, 2.45) is 5.92 Å². The predicted molar refractivity (Wildman–Crippen MR) is 135 cm³/mol. The Morgan fingerprint density at radius 2 is 1.67 bits per heavy atom. The first-order chi connectivity index (χ1) is 16.2. The van der Waals surface area contributed by atoms with Crippen LogP contribution in [0.5, 0.6) is 0 Å². The van der Waals surface area contributed by atoms with Crippen LogP contribution in [-0.2, 0) is 17.8 Å². The molecule has 1 fully saturated rings. The van der Waals surface area contributed by atoms with Gasteiger partial charge in [-0.3, -0.25) is 4.79 Å². The van der Waals surface area contributed by atoms with E-state index in [1.165, 1.54) is 22.3 Å². The first-order valence-corrected chi connectivity index (χ1v) is 12.3. The predicted octanol–water partition coefficient (Wildman–Crippen LogP) is 6.21. The molecule has 0 saturated carbocycles. The van der Waals surface area contributed by atoms with Crippen LogP contribution in [0.3, 0.4) is 0 Å². The Labute approximate surface area is 198 Å². The molecule has 172 valence electrons. The molecule has 2 unspecified atom stereocenters. The molecule has 0 aliphatic carbocycles. The second-order valence-electron chi connectivity index (χ2n) is 9.20. The number of hydrogen-bond donors (Lipinski definition) is 1. The molecule has 2 atom stereocenters. The summed E-state index contributed by atoms with van der Waals surface area (Å²) in [7, 11) is 0. The topological polar surface area (TPSA) is 40.5 Å². The molecular formula is C30H35NO2. The molecule has 3 nitrogen and oxygen atoms in total. The van der Waals surface area contributed by atoms with Gasteiger partial charge < -0.3 is 10.0 Å². The lowest BCUT2D eigenvalue weighted by molar-refractivity contribution is -0.133. The molecule has 0 radical (unpaired) electrons. The van der Waals surface area contributed by atoms with Crippen molar-refractivity contribution in [3.63, 3.8) is 0 Å². The lowest BCUT2D eigenvalue weighted by Crippen LogP contribution is -2.42. The lowest BCUT2D eigenvalue weighted by atomic mass is 9.77. The Morgan fingerprint density at radius 1 is 0.939 bits per heavy atom. The van der Waals surface area contributed by atoms with Gasteiger partial charge in [0.15, 0.2) is 0 Å². The summed E-state index contributed by atoms with van der Waals surface area (Å²) >= 11 is 0. The molecule has 1 aliphatic rings. The molecule has 1 N–H and O–H groups in total. The number of amides is 1. The third-order valence-electron chi connectivity index (χ3n) is 7.07. The number of aliphatic hydroxyl groups excluding tert-OH is 1. The zero-order valence-corrected chi connectivity index (χ0v) is 19.6. The average molecular weight is 442 g/mol. The van der Waals surface area contributed by atoms with Gasteiger partial charge in [-0.05, 0) is 59.4 Å². The highest BCUT2D eigenvalue weighted by atomic mass is 16.3. The third-order valence-corrected chi connectivity index (χ3v) is 7.07. The normalized spacial score (nSPS) is 18.3. The fourth-order valence-corrected chi connectivity index (χ4v) is 5.19. The number of hydrogen-bond acceptors (Lipinski definition) is 2. The second-order valence-corrected chi connectivity index (χ2v) is 9.20. The number of carbonyl (C=O) groups is 1. The summed E-state index contributed by atoms with van der Waals surface area (Å²) in [6.45, 7) is 3.80. The number of aliphatic hydroxyl groups is 1. The Morgan fingerprint density at radius 3 is 2.36 bits per heavy atom. The van der Waals surface area contributed by atoms with E-state index in [1.807, 2.05) is 6.07 Å². The van der Waals surface area contributed by atoms with Gasteiger partial charge in [0.05, 0.1) is 6.61 Å². The van der Waals surface area contributed by atoms with Gasteiger partial charge in [0, 0.05) is 25.4 Å². The summed E-state index contributed by atoms with van der Waals surface area (Å²) in [6.07, 6.45) is 4.56. The van der Waals surface area contributed by atoms with E-state index < -0.39 is 0 Å². The maximum absolute atomic E-state index is 12.6. The zero-order valence-electron chi connectivity index (χ0n) is 19.6. The van der Waals surface area contributed by atoms with Gasteiger partial charge in [-0.2, -0.15) is 0 Å². The number of rotatable bonds is 8. The largest absolute Gasteiger partial charge is 0.392 e. The maximum Gasteiger partial charge on any atom is 0.222 e. The van der Waals surface area contributed by atoms with E-state index in [0.29, 0.717) is 18.3 Å². The quantitative estimate of drug-likeness (QED) is 0.451. The molecule has 3 heteroatoms. The Bertz CT molecular complexity index is 1030. The highest BCUT2D eigenvalue weighted by Crippen LogP contribution is 2.36. The van der Waals surface area contributed by atoms with E-state index in [0.717, 1.165) is 44.3 Å². The monoisotopic (exact) mass is 441 g/mol. The van der Waals surface area contributed by atoms with Crippen molar-refractivity contribution in [1.82, 2.24) is 4.90 Å². The molecule has 1 heterocycles. The fourth-order valence-electron chi connectivity index (χ4n) is 5.19. The van der Waals surface area contributed by atoms with Crippen LogP contribution in [0.1, 0.15) is 55.2 Å². The molecule has 33 heavy (non-hydrogen) atoms. The summed E-state index contributed by atoms with van der Waals surface area (Å²) in [5, 5.41) is 9.95. The van der Waals surface area contributed by atoms with Crippen molar-refractivity contribution in [3.05, 3.63) is 95.6 Å². The van der Waals surface area contributed by atoms with Crippen molar-refractivity contribution >= 4 is 5.91 Å². The molecule has 3 aromatic carbocycles. The van der Waals surface area contributed by atoms with E-state index in [1.54, 1.807) is 0 Å². The highest BCUT2D eigenvalue weighted by molar-refractivity contribution is 5.76. The molecule has 0 bridgehead atoms. The van der Waals surface area contributed by atoms with Crippen LogP contribution in [0.2, 0.25) is 0 Å². The SMILES string of the molecule is CCCC(=O)N1CCC(CCc2cc(-c3ccccc3)ccc2CO)C(c2ccccc2)C1. The molecule has 0 spiro atoms. The Balaban J connectivity index is 1.53. The van der Waals surface area contributed by atoms with Crippen LogP contribution in [0.25, 0.3) is 11.1 Å². The minimum atomic E-state index is 0.0660. The Kier molecular flexibility index (Phi) is 7.96. The van der Waals surface area contributed by atoms with Crippen molar-refractivity contribution in [2.45, 2.75) is 51.6 Å². The third kappa shape index (κ3) is 5.72. The zero-order chi connectivity index (χ0) is 23.0. The number of carbonyl (C=O) groups excluding carboxylic acids is 1. The highest BCUT2D eigenvalue weighted by Gasteiger charge is 2.32. The standard InChI is InChI=1S/C30H35NO2/c1-2-9-30(33)31-19-18-25(29(21-31)24-12-7-4-8-13-24)14-15-27-20-26(16-17-28(27)22-32)23-10-5-3-6-11-23/h3-8,10-13,16-17,20,25,29,32H,2,9,14-15,18-19,21-22H2,1H3. The summed E-state index contributed by atoms with van der Waals surface area (Å²) in [6, 6.07) is 27.5. The van der Waals surface area contributed by atoms with Crippen LogP contribution in [-0.4, -0.2) is 29.0 Å². The van der Waals surface area contributed by atoms with E-state index in [4.69, 9.17) is 0 Å². The van der Waals surface area contributed by atoms with E-state index in [2.05, 4.69) is 84.6 Å². The van der Waals surface area contributed by atoms with Crippen LogP contribution in [0.15, 0.2) is 78.9 Å². The van der Waals surface area contributed by atoms with Gasteiger partial charge in [0.1, 0.15) is 0 Å². The molecule has 1 saturated heterocycles. The molecule has 3 aromatic rings. The van der Waals surface area contributed by atoms with E-state index in [9.17, 15) is 9.90 Å². The fraction of sp³-hybridized carbons (Fsp3) is 0.367. The summed E-state index contributed by atoms with van der Waals surface area (Å²) in [5.41, 5.74) is 5.98. The molecule has 1 amide bonds. The molecule has 4 rings (SSSR count). The number of aryl methyl sites for hydroxylation is 1. The van der Waals surface area contributed by atoms with Crippen molar-refractivity contribution in [3.8, 4) is 11.1 Å². The van der Waals surface area contributed by atoms with Crippen LogP contribution < -0.4 is 0 Å². The maximum atomic E-state index is 12.6. The van der Waals surface area contributed by atoms with Crippen LogP contribution in [0.4, 0.5) is 0 Å². The summed E-state index contributed by atoms with van der Waals surface area (Å²) in [5.74, 6) is 1.16. The van der Waals surface area contributed by atoms with Gasteiger partial charge in [-0.25, -0.2) is 0 Å². The first-order valence-electron chi connectivity index (χ1n) is 12.3. The van der Waals surface area contributed by atoms with Crippen molar-refractivity contribution in [1.29, 1.82) is 0 Å². The number of nitrogens with zero attached hydrogens (tertiary/aromatic N) is 1. The lowest BCUT2D eigenvalue weighted by Gasteiger charge is -2.39. The number of piperidine rings is 1. The first kappa shape index (κ1) is 23.3. The van der Waals surface area contributed by atoms with E-state index >= 15 is 0 Å². The summed E-state index contributed by atoms with van der Waals surface area (Å²) < 4.78 is 0. The number of likely N-dealkylation sites (tertiary alicyclic amines) is 1. The smallest absolute Gasteiger partial charge is 0.222 e. The van der Waals surface area contributed by atoms with E-state index in [-0.39, 0.29) is 12.5 Å². The molecule has 1 aliphatic heterocycles. The Hall–Kier alpha value is -2.91.